The van der Waals surface area contributed by atoms with Crippen LogP contribution in [-0.2, 0) is 11.2 Å². The van der Waals surface area contributed by atoms with E-state index in [2.05, 4.69) is 0 Å². The molecule has 0 aliphatic carbocycles. The van der Waals surface area contributed by atoms with Gasteiger partial charge in [-0.05, 0) is 18.6 Å². The SMILES string of the molecule is Cc1cc2c(cc1O)OC(=O)C2. The zero-order chi connectivity index (χ0) is 8.72. The summed E-state index contributed by atoms with van der Waals surface area (Å²) in [6, 6.07) is 3.26. The van der Waals surface area contributed by atoms with Gasteiger partial charge in [-0.25, -0.2) is 0 Å². The van der Waals surface area contributed by atoms with E-state index in [1.54, 1.807) is 13.0 Å². The number of carbonyl (C=O) groups is 1. The number of hydrogen-bond donors (Lipinski definition) is 1. The normalized spacial score (nSPS) is 14.2. The number of fused-ring (bicyclic) bond motifs is 1. The van der Waals surface area contributed by atoms with Crippen LogP contribution in [0.3, 0.4) is 0 Å². The summed E-state index contributed by atoms with van der Waals surface area (Å²) in [4.78, 5) is 10.8. The lowest BCUT2D eigenvalue weighted by Crippen LogP contribution is -2.00. The molecule has 0 saturated carbocycles. The Morgan fingerprint density at radius 2 is 2.25 bits per heavy atom. The zero-order valence-electron chi connectivity index (χ0n) is 6.63. The highest BCUT2D eigenvalue weighted by atomic mass is 16.5. The number of hydrogen-bond acceptors (Lipinski definition) is 3. The Balaban J connectivity index is 2.55. The van der Waals surface area contributed by atoms with Gasteiger partial charge in [-0.3, -0.25) is 4.79 Å². The van der Waals surface area contributed by atoms with Gasteiger partial charge in [0.05, 0.1) is 6.42 Å². The van der Waals surface area contributed by atoms with Gasteiger partial charge >= 0.3 is 5.97 Å². The lowest BCUT2D eigenvalue weighted by Gasteiger charge is -2.00. The first-order valence-electron chi connectivity index (χ1n) is 3.70. The molecule has 2 rings (SSSR count). The smallest absolute Gasteiger partial charge is 0.315 e. The predicted molar refractivity (Wildman–Crippen MR) is 42.2 cm³/mol. The summed E-state index contributed by atoms with van der Waals surface area (Å²) >= 11 is 0. The number of phenolic OH excluding ortho intramolecular Hbond substituents is 1. The van der Waals surface area contributed by atoms with Crippen molar-refractivity contribution in [2.75, 3.05) is 0 Å². The monoisotopic (exact) mass is 164 g/mol. The molecule has 1 heterocycles. The van der Waals surface area contributed by atoms with E-state index in [1.165, 1.54) is 6.07 Å². The third-order valence-corrected chi connectivity index (χ3v) is 1.94. The van der Waals surface area contributed by atoms with Crippen molar-refractivity contribution in [1.82, 2.24) is 0 Å². The van der Waals surface area contributed by atoms with Gasteiger partial charge in [0.25, 0.3) is 0 Å². The second-order valence-electron chi connectivity index (χ2n) is 2.90. The summed E-state index contributed by atoms with van der Waals surface area (Å²) in [5.41, 5.74) is 1.63. The number of aromatic hydroxyl groups is 1. The van der Waals surface area contributed by atoms with E-state index in [0.717, 1.165) is 11.1 Å². The molecule has 3 heteroatoms. The van der Waals surface area contributed by atoms with Crippen LogP contribution in [0.1, 0.15) is 11.1 Å². The molecule has 0 fully saturated rings. The van der Waals surface area contributed by atoms with Gasteiger partial charge in [0.1, 0.15) is 11.5 Å². The van der Waals surface area contributed by atoms with E-state index in [9.17, 15) is 9.90 Å². The molecule has 12 heavy (non-hydrogen) atoms. The highest BCUT2D eigenvalue weighted by Gasteiger charge is 2.21. The topological polar surface area (TPSA) is 46.5 Å². The van der Waals surface area contributed by atoms with Gasteiger partial charge in [0, 0.05) is 11.6 Å². The molecule has 0 saturated heterocycles. The largest absolute Gasteiger partial charge is 0.508 e. The molecule has 0 bridgehead atoms. The first-order chi connectivity index (χ1) is 5.66. The van der Waals surface area contributed by atoms with E-state index in [0.29, 0.717) is 12.2 Å². The summed E-state index contributed by atoms with van der Waals surface area (Å²) in [6.07, 6.45) is 0.316. The molecular formula is C9H8O3. The number of benzene rings is 1. The molecule has 1 aliphatic heterocycles. The van der Waals surface area contributed by atoms with Gasteiger partial charge in [-0.15, -0.1) is 0 Å². The molecule has 0 atom stereocenters. The molecule has 0 radical (unpaired) electrons. The number of carbonyl (C=O) groups excluding carboxylic acids is 1. The van der Waals surface area contributed by atoms with Gasteiger partial charge in [-0.1, -0.05) is 0 Å². The molecule has 1 aliphatic rings. The van der Waals surface area contributed by atoms with Crippen molar-refractivity contribution in [1.29, 1.82) is 0 Å². The summed E-state index contributed by atoms with van der Waals surface area (Å²) in [6.45, 7) is 1.79. The minimum absolute atomic E-state index is 0.170. The second kappa shape index (κ2) is 2.24. The minimum Gasteiger partial charge on any atom is -0.508 e. The summed E-state index contributed by atoms with van der Waals surface area (Å²) < 4.78 is 4.84. The van der Waals surface area contributed by atoms with E-state index < -0.39 is 0 Å². The number of aryl methyl sites for hydroxylation is 1. The van der Waals surface area contributed by atoms with Crippen LogP contribution in [0.25, 0.3) is 0 Å². The van der Waals surface area contributed by atoms with E-state index >= 15 is 0 Å². The lowest BCUT2D eigenvalue weighted by atomic mass is 10.1. The number of esters is 1. The van der Waals surface area contributed by atoms with Crippen molar-refractivity contribution in [3.8, 4) is 11.5 Å². The van der Waals surface area contributed by atoms with Crippen LogP contribution >= 0.6 is 0 Å². The average Bonchev–Trinajstić information content (AvgIpc) is 2.30. The summed E-state index contributed by atoms with van der Waals surface area (Å²) in [7, 11) is 0. The van der Waals surface area contributed by atoms with E-state index in [-0.39, 0.29) is 11.7 Å². The first kappa shape index (κ1) is 7.16. The molecule has 0 amide bonds. The third kappa shape index (κ3) is 0.942. The molecule has 62 valence electrons. The molecule has 0 unspecified atom stereocenters. The first-order valence-corrected chi connectivity index (χ1v) is 3.70. The van der Waals surface area contributed by atoms with Crippen molar-refractivity contribution in [3.05, 3.63) is 23.3 Å². The highest BCUT2D eigenvalue weighted by molar-refractivity contribution is 5.81. The van der Waals surface area contributed by atoms with Gasteiger partial charge < -0.3 is 9.84 Å². The van der Waals surface area contributed by atoms with Crippen LogP contribution in [0.4, 0.5) is 0 Å². The number of phenols is 1. The van der Waals surface area contributed by atoms with Crippen LogP contribution < -0.4 is 4.74 Å². The molecule has 1 aromatic carbocycles. The number of rotatable bonds is 0. The van der Waals surface area contributed by atoms with Crippen LogP contribution in [0.5, 0.6) is 11.5 Å². The predicted octanol–water partition coefficient (Wildman–Crippen LogP) is 1.16. The maximum atomic E-state index is 10.8. The highest BCUT2D eigenvalue weighted by Crippen LogP contribution is 2.31. The Bertz CT molecular complexity index is 322. The Morgan fingerprint density at radius 3 is 3.00 bits per heavy atom. The molecule has 0 spiro atoms. The Labute approximate surface area is 69.6 Å². The van der Waals surface area contributed by atoms with Crippen molar-refractivity contribution in [2.24, 2.45) is 0 Å². The van der Waals surface area contributed by atoms with Crippen LogP contribution in [-0.4, -0.2) is 11.1 Å². The van der Waals surface area contributed by atoms with Gasteiger partial charge in [0.2, 0.25) is 0 Å². The molecule has 0 aromatic heterocycles. The van der Waals surface area contributed by atoms with Gasteiger partial charge in [0.15, 0.2) is 0 Å². The minimum atomic E-state index is -0.255. The van der Waals surface area contributed by atoms with Gasteiger partial charge in [-0.2, -0.15) is 0 Å². The molecule has 3 nitrogen and oxygen atoms in total. The summed E-state index contributed by atoms with van der Waals surface area (Å²) in [5, 5.41) is 9.28. The molecule has 1 aromatic rings. The van der Waals surface area contributed by atoms with Crippen LogP contribution in [0, 0.1) is 6.92 Å². The fourth-order valence-corrected chi connectivity index (χ4v) is 1.28. The van der Waals surface area contributed by atoms with Crippen molar-refractivity contribution >= 4 is 5.97 Å². The van der Waals surface area contributed by atoms with Crippen molar-refractivity contribution in [2.45, 2.75) is 13.3 Å². The van der Waals surface area contributed by atoms with E-state index in [4.69, 9.17) is 4.74 Å². The van der Waals surface area contributed by atoms with Crippen molar-refractivity contribution in [3.63, 3.8) is 0 Å². The zero-order valence-corrected chi connectivity index (χ0v) is 6.63. The van der Waals surface area contributed by atoms with Crippen LogP contribution in [0.15, 0.2) is 12.1 Å². The fourth-order valence-electron chi connectivity index (χ4n) is 1.28. The van der Waals surface area contributed by atoms with E-state index in [1.807, 2.05) is 0 Å². The second-order valence-corrected chi connectivity index (χ2v) is 2.90. The molecule has 1 N–H and O–H groups in total. The maximum Gasteiger partial charge on any atom is 0.315 e. The third-order valence-electron chi connectivity index (χ3n) is 1.94. The fraction of sp³-hybridized carbons (Fsp3) is 0.222. The Kier molecular flexibility index (Phi) is 1.33. The Morgan fingerprint density at radius 1 is 1.50 bits per heavy atom. The maximum absolute atomic E-state index is 10.8. The summed E-state index contributed by atoms with van der Waals surface area (Å²) in [5.74, 6) is 0.404. The van der Waals surface area contributed by atoms with Crippen molar-refractivity contribution < 1.29 is 14.6 Å². The lowest BCUT2D eigenvalue weighted by molar-refractivity contribution is -0.131. The van der Waals surface area contributed by atoms with Crippen LogP contribution in [0.2, 0.25) is 0 Å². The Hall–Kier alpha value is -1.51. The molecular weight excluding hydrogens is 156 g/mol. The average molecular weight is 164 g/mol. The quantitative estimate of drug-likeness (QED) is 0.462. The standard InChI is InChI=1S/C9H8O3/c1-5-2-6-3-9(11)12-8(6)4-7(5)10/h2,4,10H,3H2,1H3. The number of ether oxygens (including phenoxy) is 1.